The molecule has 4 nitrogen and oxygen atoms in total. The topological polar surface area (TPSA) is 34.0 Å². The van der Waals surface area contributed by atoms with Gasteiger partial charge in [-0.1, -0.05) is 121 Å². The van der Waals surface area contributed by atoms with Crippen LogP contribution in [0.15, 0.2) is 188 Å². The predicted octanol–water partition coefficient (Wildman–Crippen LogP) is 12.4. The van der Waals surface area contributed by atoms with Crippen LogP contribution in [0.5, 0.6) is 0 Å². The average molecular weight is 655 g/mol. The molecule has 0 aliphatic carbocycles. The van der Waals surface area contributed by atoms with Crippen molar-refractivity contribution < 1.29 is 0 Å². The van der Waals surface area contributed by atoms with E-state index in [4.69, 9.17) is 9.97 Å². The van der Waals surface area contributed by atoms with Gasteiger partial charge in [-0.15, -0.1) is 0 Å². The molecule has 242 valence electrons. The SMILES string of the molecule is Cc1cccc(-c2nc(-c3ccccc3)cc(-c3ccc(-n4c5ccccc5c5cc(N(c6ccccc6)c6ccccc6)ccc54)cc3)n2)c1. The fraction of sp³-hybridized carbons (Fsp3) is 0.0213. The number of para-hydroxylation sites is 3. The number of fused-ring (bicyclic) bond motifs is 3. The average Bonchev–Trinajstić information content (AvgIpc) is 3.53. The molecule has 0 unspecified atom stereocenters. The molecule has 9 aromatic rings. The lowest BCUT2D eigenvalue weighted by Gasteiger charge is -2.25. The first-order valence-electron chi connectivity index (χ1n) is 17.3. The molecule has 2 aromatic heterocycles. The highest BCUT2D eigenvalue weighted by molar-refractivity contribution is 6.10. The van der Waals surface area contributed by atoms with Crippen LogP contribution in [0.2, 0.25) is 0 Å². The quantitative estimate of drug-likeness (QED) is 0.171. The Morgan fingerprint density at radius 1 is 0.412 bits per heavy atom. The van der Waals surface area contributed by atoms with Gasteiger partial charge in [-0.05, 0) is 79.7 Å². The summed E-state index contributed by atoms with van der Waals surface area (Å²) in [6, 6.07) is 66.1. The van der Waals surface area contributed by atoms with E-state index in [-0.39, 0.29) is 0 Å². The standard InChI is InChI=1S/C47H34N4/c1-33-14-13-17-36(30-33)47-48-43(34-15-5-2-6-16-34)32-44(49-47)35-24-26-39(27-25-35)51-45-23-12-11-22-41(45)42-31-40(28-29-46(42)51)50(37-18-7-3-8-19-37)38-20-9-4-10-21-38/h2-32H,1H3. The molecule has 9 rings (SSSR count). The van der Waals surface area contributed by atoms with E-state index in [1.54, 1.807) is 0 Å². The highest BCUT2D eigenvalue weighted by Crippen LogP contribution is 2.40. The van der Waals surface area contributed by atoms with E-state index in [0.29, 0.717) is 0 Å². The van der Waals surface area contributed by atoms with Crippen LogP contribution >= 0.6 is 0 Å². The number of nitrogens with zero attached hydrogens (tertiary/aromatic N) is 4. The lowest BCUT2D eigenvalue weighted by atomic mass is 10.1. The Morgan fingerprint density at radius 2 is 0.980 bits per heavy atom. The molecule has 0 aliphatic rings. The highest BCUT2D eigenvalue weighted by atomic mass is 15.1. The molecule has 7 aromatic carbocycles. The third-order valence-electron chi connectivity index (χ3n) is 9.44. The molecule has 51 heavy (non-hydrogen) atoms. The van der Waals surface area contributed by atoms with Crippen LogP contribution in [0.3, 0.4) is 0 Å². The molecular weight excluding hydrogens is 621 g/mol. The molecule has 0 radical (unpaired) electrons. The molecule has 0 spiro atoms. The van der Waals surface area contributed by atoms with Crippen LogP contribution < -0.4 is 4.90 Å². The zero-order valence-corrected chi connectivity index (χ0v) is 28.2. The lowest BCUT2D eigenvalue weighted by Crippen LogP contribution is -2.09. The summed E-state index contributed by atoms with van der Waals surface area (Å²) in [5, 5.41) is 2.42. The number of hydrogen-bond donors (Lipinski definition) is 0. The number of hydrogen-bond acceptors (Lipinski definition) is 3. The minimum atomic E-state index is 0.720. The predicted molar refractivity (Wildman–Crippen MR) is 212 cm³/mol. The number of aromatic nitrogens is 3. The van der Waals surface area contributed by atoms with Gasteiger partial charge in [0.2, 0.25) is 0 Å². The van der Waals surface area contributed by atoms with Crippen LogP contribution in [0, 0.1) is 6.92 Å². The van der Waals surface area contributed by atoms with Gasteiger partial charge in [-0.3, -0.25) is 0 Å². The van der Waals surface area contributed by atoms with Crippen molar-refractivity contribution in [2.75, 3.05) is 4.90 Å². The van der Waals surface area contributed by atoms with Gasteiger partial charge in [0.05, 0.1) is 22.4 Å². The first-order valence-corrected chi connectivity index (χ1v) is 17.3. The van der Waals surface area contributed by atoms with Crippen molar-refractivity contribution in [2.45, 2.75) is 6.92 Å². The molecule has 0 fully saturated rings. The fourth-order valence-electron chi connectivity index (χ4n) is 7.03. The third kappa shape index (κ3) is 5.73. The first-order chi connectivity index (χ1) is 25.2. The van der Waals surface area contributed by atoms with Gasteiger partial charge in [-0.25, -0.2) is 9.97 Å². The summed E-state index contributed by atoms with van der Waals surface area (Å²) >= 11 is 0. The monoisotopic (exact) mass is 654 g/mol. The van der Waals surface area contributed by atoms with Gasteiger partial charge in [-0.2, -0.15) is 0 Å². The molecule has 0 N–H and O–H groups in total. The van der Waals surface area contributed by atoms with Gasteiger partial charge in [0.15, 0.2) is 5.82 Å². The molecule has 0 atom stereocenters. The van der Waals surface area contributed by atoms with Crippen LogP contribution in [-0.4, -0.2) is 14.5 Å². The van der Waals surface area contributed by atoms with Crippen molar-refractivity contribution >= 4 is 38.9 Å². The van der Waals surface area contributed by atoms with Crippen LogP contribution in [-0.2, 0) is 0 Å². The van der Waals surface area contributed by atoms with E-state index in [0.717, 1.165) is 62.2 Å². The summed E-state index contributed by atoms with van der Waals surface area (Å²) in [5.41, 5.74) is 12.8. The minimum Gasteiger partial charge on any atom is -0.310 e. The second-order valence-corrected chi connectivity index (χ2v) is 12.8. The molecule has 0 bridgehead atoms. The van der Waals surface area contributed by atoms with Gasteiger partial charge >= 0.3 is 0 Å². The van der Waals surface area contributed by atoms with Crippen LogP contribution in [0.4, 0.5) is 17.1 Å². The van der Waals surface area contributed by atoms with Crippen molar-refractivity contribution in [3.63, 3.8) is 0 Å². The highest BCUT2D eigenvalue weighted by Gasteiger charge is 2.18. The molecule has 0 saturated carbocycles. The Hall–Kier alpha value is -6.78. The Morgan fingerprint density at radius 3 is 1.65 bits per heavy atom. The second kappa shape index (κ2) is 12.9. The zero-order chi connectivity index (χ0) is 34.1. The maximum atomic E-state index is 5.09. The second-order valence-electron chi connectivity index (χ2n) is 12.8. The van der Waals surface area contributed by atoms with E-state index in [9.17, 15) is 0 Å². The maximum absolute atomic E-state index is 5.09. The first kappa shape index (κ1) is 30.3. The lowest BCUT2D eigenvalue weighted by molar-refractivity contribution is 1.17. The Kier molecular flexibility index (Phi) is 7.67. The summed E-state index contributed by atoms with van der Waals surface area (Å²) in [6.07, 6.45) is 0. The fourth-order valence-corrected chi connectivity index (χ4v) is 7.03. The smallest absolute Gasteiger partial charge is 0.160 e. The summed E-state index contributed by atoms with van der Waals surface area (Å²) in [4.78, 5) is 12.4. The number of rotatable bonds is 7. The zero-order valence-electron chi connectivity index (χ0n) is 28.2. The summed E-state index contributed by atoms with van der Waals surface area (Å²) in [6.45, 7) is 2.10. The molecule has 2 heterocycles. The van der Waals surface area contributed by atoms with Crippen molar-refractivity contribution in [1.82, 2.24) is 14.5 Å². The molecule has 4 heteroatoms. The molecule has 0 aliphatic heterocycles. The third-order valence-corrected chi connectivity index (χ3v) is 9.44. The van der Waals surface area contributed by atoms with Crippen LogP contribution in [0.25, 0.3) is 61.4 Å². The van der Waals surface area contributed by atoms with E-state index in [1.165, 1.54) is 21.9 Å². The van der Waals surface area contributed by atoms with E-state index in [1.807, 2.05) is 18.2 Å². The summed E-state index contributed by atoms with van der Waals surface area (Å²) in [7, 11) is 0. The van der Waals surface area contributed by atoms with Crippen LogP contribution in [0.1, 0.15) is 5.56 Å². The number of aryl methyl sites for hydroxylation is 1. The van der Waals surface area contributed by atoms with Gasteiger partial charge in [0, 0.05) is 50.2 Å². The van der Waals surface area contributed by atoms with Crippen molar-refractivity contribution in [2.24, 2.45) is 0 Å². The number of anilines is 3. The molecular formula is C47H34N4. The Labute approximate surface area is 297 Å². The summed E-state index contributed by atoms with van der Waals surface area (Å²) in [5.74, 6) is 0.720. The summed E-state index contributed by atoms with van der Waals surface area (Å²) < 4.78 is 2.36. The van der Waals surface area contributed by atoms with Crippen molar-refractivity contribution in [3.8, 4) is 39.6 Å². The minimum absolute atomic E-state index is 0.720. The number of benzene rings is 7. The maximum Gasteiger partial charge on any atom is 0.160 e. The largest absolute Gasteiger partial charge is 0.310 e. The van der Waals surface area contributed by atoms with Gasteiger partial charge < -0.3 is 9.47 Å². The van der Waals surface area contributed by atoms with Crippen molar-refractivity contribution in [3.05, 3.63) is 194 Å². The Bertz CT molecular complexity index is 2590. The normalized spacial score (nSPS) is 11.2. The van der Waals surface area contributed by atoms with Gasteiger partial charge in [0.1, 0.15) is 0 Å². The molecule has 0 saturated heterocycles. The molecule has 0 amide bonds. The van der Waals surface area contributed by atoms with Gasteiger partial charge in [0.25, 0.3) is 0 Å². The van der Waals surface area contributed by atoms with E-state index < -0.39 is 0 Å². The van der Waals surface area contributed by atoms with E-state index in [2.05, 4.69) is 186 Å². The Balaban J connectivity index is 1.15. The van der Waals surface area contributed by atoms with Crippen molar-refractivity contribution in [1.29, 1.82) is 0 Å². The van der Waals surface area contributed by atoms with E-state index >= 15 is 0 Å².